The van der Waals surface area contributed by atoms with Gasteiger partial charge in [-0.1, -0.05) is 0 Å². The summed E-state index contributed by atoms with van der Waals surface area (Å²) >= 11 is 0. The van der Waals surface area contributed by atoms with E-state index in [0.29, 0.717) is 0 Å². The van der Waals surface area contributed by atoms with Gasteiger partial charge >= 0.3 is 0 Å². The van der Waals surface area contributed by atoms with Crippen molar-refractivity contribution in [3.05, 3.63) is 7.05 Å². The van der Waals surface area contributed by atoms with Crippen LogP contribution in [0.15, 0.2) is 0 Å². The van der Waals surface area contributed by atoms with Crippen molar-refractivity contribution in [2.45, 2.75) is 19.4 Å². The third kappa shape index (κ3) is 1.43. The summed E-state index contributed by atoms with van der Waals surface area (Å²) < 4.78 is 5.23. The van der Waals surface area contributed by atoms with E-state index in [1.54, 1.807) is 0 Å². The molecule has 2 nitrogen and oxygen atoms in total. The first-order chi connectivity index (χ1) is 4.13. The van der Waals surface area contributed by atoms with Gasteiger partial charge in [0.1, 0.15) is 0 Å². The molecule has 52 valence electrons. The average Bonchev–Trinajstić information content (AvgIpc) is 1.77. The van der Waals surface area contributed by atoms with Crippen molar-refractivity contribution in [3.63, 3.8) is 0 Å². The average molecular weight is 127 g/mol. The second kappa shape index (κ2) is 2.27. The zero-order valence-electron chi connectivity index (χ0n) is 6.05. The molecule has 0 aliphatic carbocycles. The highest BCUT2D eigenvalue weighted by molar-refractivity contribution is 4.83. The molecule has 9 heavy (non-hydrogen) atoms. The van der Waals surface area contributed by atoms with E-state index >= 15 is 0 Å². The standard InChI is InChI=1S/C7H13NO/c1-7(2)6-9-5-4-8(7)3/h3H,4-6H2,1-2H3. The predicted octanol–water partition coefficient (Wildman–Crippen LogP) is 0.766. The molecule has 0 saturated carbocycles. The van der Waals surface area contributed by atoms with E-state index in [2.05, 4.69) is 13.8 Å². The first kappa shape index (κ1) is 7.03. The maximum Gasteiger partial charge on any atom is 0.0645 e. The molecule has 1 fully saturated rings. The van der Waals surface area contributed by atoms with Crippen LogP contribution in [0, 0.1) is 7.05 Å². The zero-order chi connectivity index (χ0) is 6.91. The van der Waals surface area contributed by atoms with Crippen LogP contribution < -0.4 is 0 Å². The van der Waals surface area contributed by atoms with Crippen LogP contribution in [0.25, 0.3) is 0 Å². The van der Waals surface area contributed by atoms with Crippen LogP contribution >= 0.6 is 0 Å². The van der Waals surface area contributed by atoms with Crippen LogP contribution in [-0.4, -0.2) is 30.2 Å². The maximum absolute atomic E-state index is 5.67. The van der Waals surface area contributed by atoms with E-state index < -0.39 is 0 Å². The molecule has 2 radical (unpaired) electrons. The molecule has 0 atom stereocenters. The van der Waals surface area contributed by atoms with E-state index in [0.717, 1.165) is 19.8 Å². The lowest BCUT2D eigenvalue weighted by atomic mass is 10.0. The molecular formula is C7H13NO. The third-order valence-electron chi connectivity index (χ3n) is 1.71. The van der Waals surface area contributed by atoms with E-state index in [9.17, 15) is 0 Å². The smallest absolute Gasteiger partial charge is 0.0645 e. The van der Waals surface area contributed by atoms with E-state index in [1.165, 1.54) is 0 Å². The van der Waals surface area contributed by atoms with Crippen molar-refractivity contribution in [3.8, 4) is 0 Å². The van der Waals surface area contributed by atoms with Crippen LogP contribution in [-0.2, 0) is 4.74 Å². The predicted molar refractivity (Wildman–Crippen MR) is 35.9 cm³/mol. The lowest BCUT2D eigenvalue weighted by Crippen LogP contribution is -2.49. The van der Waals surface area contributed by atoms with Gasteiger partial charge < -0.3 is 4.74 Å². The van der Waals surface area contributed by atoms with Crippen molar-refractivity contribution >= 4 is 0 Å². The van der Waals surface area contributed by atoms with Crippen molar-refractivity contribution in [2.75, 3.05) is 19.8 Å². The SMILES string of the molecule is [CH]N1CCOCC1(C)C. The van der Waals surface area contributed by atoms with E-state index in [4.69, 9.17) is 11.8 Å². The highest BCUT2D eigenvalue weighted by Gasteiger charge is 2.26. The van der Waals surface area contributed by atoms with Gasteiger partial charge in [-0.15, -0.1) is 0 Å². The van der Waals surface area contributed by atoms with E-state index in [-0.39, 0.29) is 5.54 Å². The Morgan fingerprint density at radius 3 is 2.56 bits per heavy atom. The number of nitrogens with zero attached hydrogens (tertiary/aromatic N) is 1. The minimum Gasteiger partial charge on any atom is -0.378 e. The van der Waals surface area contributed by atoms with Crippen LogP contribution in [0.4, 0.5) is 0 Å². The topological polar surface area (TPSA) is 12.5 Å². The van der Waals surface area contributed by atoms with Crippen LogP contribution in [0.1, 0.15) is 13.8 Å². The molecule has 1 saturated heterocycles. The summed E-state index contributed by atoms with van der Waals surface area (Å²) in [7, 11) is 5.67. The van der Waals surface area contributed by atoms with Crippen molar-refractivity contribution in [1.82, 2.24) is 4.90 Å². The van der Waals surface area contributed by atoms with Gasteiger partial charge in [-0.3, -0.25) is 4.90 Å². The minimum absolute atomic E-state index is 0.0260. The van der Waals surface area contributed by atoms with Gasteiger partial charge in [0.25, 0.3) is 0 Å². The lowest BCUT2D eigenvalue weighted by Gasteiger charge is -2.38. The summed E-state index contributed by atoms with van der Waals surface area (Å²) in [4.78, 5) is 1.83. The number of hydrogen-bond donors (Lipinski definition) is 0. The Morgan fingerprint density at radius 1 is 1.56 bits per heavy atom. The molecule has 1 aliphatic heterocycles. The van der Waals surface area contributed by atoms with Gasteiger partial charge in [0, 0.05) is 19.1 Å². The third-order valence-corrected chi connectivity index (χ3v) is 1.71. The summed E-state index contributed by atoms with van der Waals surface area (Å²) in [6, 6.07) is 0. The molecule has 0 amide bonds. The maximum atomic E-state index is 5.67. The molecule has 0 N–H and O–H groups in total. The molecule has 1 rings (SSSR count). The van der Waals surface area contributed by atoms with Gasteiger partial charge in [0.05, 0.1) is 13.2 Å². The molecular weight excluding hydrogens is 114 g/mol. The molecule has 0 aromatic carbocycles. The summed E-state index contributed by atoms with van der Waals surface area (Å²) in [5, 5.41) is 0. The van der Waals surface area contributed by atoms with Crippen LogP contribution in [0.3, 0.4) is 0 Å². The Balaban J connectivity index is 2.49. The number of morpholine rings is 1. The van der Waals surface area contributed by atoms with Gasteiger partial charge in [0.15, 0.2) is 0 Å². The normalized spacial score (nSPS) is 28.3. The van der Waals surface area contributed by atoms with Gasteiger partial charge in [0.2, 0.25) is 0 Å². The van der Waals surface area contributed by atoms with Gasteiger partial charge in [-0.05, 0) is 13.8 Å². The Hall–Kier alpha value is -0.0800. The zero-order valence-corrected chi connectivity index (χ0v) is 6.05. The molecule has 2 heteroatoms. The number of hydrogen-bond acceptors (Lipinski definition) is 2. The van der Waals surface area contributed by atoms with Crippen LogP contribution in [0.2, 0.25) is 0 Å². The molecule has 0 bridgehead atoms. The first-order valence-corrected chi connectivity index (χ1v) is 3.23. The Morgan fingerprint density at radius 2 is 2.22 bits per heavy atom. The summed E-state index contributed by atoms with van der Waals surface area (Å²) in [6.07, 6.45) is 0. The number of ether oxygens (including phenoxy) is 1. The van der Waals surface area contributed by atoms with Crippen molar-refractivity contribution in [1.29, 1.82) is 0 Å². The quantitative estimate of drug-likeness (QED) is 0.476. The Kier molecular flexibility index (Phi) is 1.78. The number of rotatable bonds is 0. The first-order valence-electron chi connectivity index (χ1n) is 3.23. The van der Waals surface area contributed by atoms with Crippen molar-refractivity contribution in [2.24, 2.45) is 0 Å². The fraction of sp³-hybridized carbons (Fsp3) is 0.857. The Bertz CT molecular complexity index is 101. The Labute approximate surface area is 56.8 Å². The highest BCUT2D eigenvalue weighted by atomic mass is 16.5. The molecule has 0 unspecified atom stereocenters. The minimum atomic E-state index is 0.0260. The largest absolute Gasteiger partial charge is 0.378 e. The van der Waals surface area contributed by atoms with Crippen LogP contribution in [0.5, 0.6) is 0 Å². The fourth-order valence-electron chi connectivity index (χ4n) is 0.870. The molecule has 1 aliphatic rings. The van der Waals surface area contributed by atoms with Gasteiger partial charge in [-0.2, -0.15) is 0 Å². The van der Waals surface area contributed by atoms with E-state index in [1.807, 2.05) is 4.90 Å². The molecule has 0 spiro atoms. The lowest BCUT2D eigenvalue weighted by molar-refractivity contribution is -0.0278. The second-order valence-electron chi connectivity index (χ2n) is 3.06. The summed E-state index contributed by atoms with van der Waals surface area (Å²) in [5.41, 5.74) is 0.0260. The van der Waals surface area contributed by atoms with Gasteiger partial charge in [-0.25, -0.2) is 0 Å². The molecule has 0 aromatic rings. The monoisotopic (exact) mass is 127 g/mol. The summed E-state index contributed by atoms with van der Waals surface area (Å²) in [5.74, 6) is 0. The highest BCUT2D eigenvalue weighted by Crippen LogP contribution is 2.16. The van der Waals surface area contributed by atoms with Crippen molar-refractivity contribution < 1.29 is 4.74 Å². The molecule has 0 aromatic heterocycles. The second-order valence-corrected chi connectivity index (χ2v) is 3.06. The fourth-order valence-corrected chi connectivity index (χ4v) is 0.870. The summed E-state index contributed by atoms with van der Waals surface area (Å²) in [6.45, 7) is 6.49. The molecule has 1 heterocycles.